The first-order chi connectivity index (χ1) is 13.9. The van der Waals surface area contributed by atoms with Crippen molar-refractivity contribution in [2.45, 2.75) is 52.1 Å². The molecule has 1 saturated carbocycles. The van der Waals surface area contributed by atoms with Crippen LogP contribution in [0, 0.1) is 62.6 Å². The number of rotatable bonds is 4. The smallest absolute Gasteiger partial charge is 0.189 e. The van der Waals surface area contributed by atoms with E-state index in [0.717, 1.165) is 30.4 Å². The zero-order valence-electron chi connectivity index (χ0n) is 17.1. The fraction of sp³-hybridized carbons (Fsp3) is 0.500. The molecule has 5 nitrogen and oxygen atoms in total. The van der Waals surface area contributed by atoms with E-state index in [9.17, 15) is 15.8 Å². The van der Waals surface area contributed by atoms with Gasteiger partial charge in [0.25, 0.3) is 0 Å². The Morgan fingerprint density at radius 1 is 1.21 bits per heavy atom. The van der Waals surface area contributed by atoms with Crippen LogP contribution in [0.2, 0.25) is 0 Å². The predicted octanol–water partition coefficient (Wildman–Crippen LogP) is 5.13. The van der Waals surface area contributed by atoms with Crippen LogP contribution in [-0.4, -0.2) is 11.8 Å². The molecule has 5 heteroatoms. The Morgan fingerprint density at radius 2 is 1.90 bits per heavy atom. The summed E-state index contributed by atoms with van der Waals surface area (Å²) in [5, 5.41) is 38.8. The lowest BCUT2D eigenvalue weighted by molar-refractivity contribution is 0.225. The second kappa shape index (κ2) is 8.10. The van der Waals surface area contributed by atoms with Gasteiger partial charge in [0.05, 0.1) is 30.0 Å². The highest BCUT2D eigenvalue weighted by Crippen LogP contribution is 2.57. The summed E-state index contributed by atoms with van der Waals surface area (Å²) in [4.78, 5) is 0. The minimum atomic E-state index is -1.69. The van der Waals surface area contributed by atoms with Crippen LogP contribution in [0.25, 0.3) is 0 Å². The van der Waals surface area contributed by atoms with Crippen LogP contribution in [-0.2, 0) is 0 Å². The Bertz CT molecular complexity index is 942. The van der Waals surface area contributed by atoms with Crippen LogP contribution in [0.3, 0.4) is 0 Å². The molecule has 2 aliphatic rings. The lowest BCUT2D eigenvalue weighted by Gasteiger charge is -2.47. The zero-order valence-corrected chi connectivity index (χ0v) is 17.1. The number of benzene rings is 1. The largest absolute Gasteiger partial charge is 0.491 e. The number of para-hydroxylation sites is 1. The molecule has 0 heterocycles. The van der Waals surface area contributed by atoms with Crippen LogP contribution < -0.4 is 4.74 Å². The Kier molecular flexibility index (Phi) is 5.76. The molecule has 4 atom stereocenters. The van der Waals surface area contributed by atoms with Crippen LogP contribution >= 0.6 is 0 Å². The van der Waals surface area contributed by atoms with Crippen molar-refractivity contribution in [3.05, 3.63) is 41.5 Å². The van der Waals surface area contributed by atoms with Gasteiger partial charge in [-0.15, -0.1) is 0 Å². The van der Waals surface area contributed by atoms with Crippen molar-refractivity contribution in [3.8, 4) is 24.0 Å². The number of ether oxygens (including phenoxy) is 1. The summed E-state index contributed by atoms with van der Waals surface area (Å²) >= 11 is 0. The molecule has 1 N–H and O–H groups in total. The number of fused-ring (bicyclic) bond motifs is 1. The molecule has 2 aliphatic carbocycles. The first-order valence-corrected chi connectivity index (χ1v) is 10.2. The standard InChI is InChI=1S/C24H26N4O/c1-4-16-9-10-17-19(11-16)22(18-7-5-6-8-21(18)29-15(2)3)24(13-26,14-27)23(28)20(17)12-25/h5-8,10,15-16,19-20,22,28H,4,9,11H2,1-3H3/t16?,19-,20?,22+/m1/s1. The van der Waals surface area contributed by atoms with E-state index in [2.05, 4.69) is 31.2 Å². The minimum Gasteiger partial charge on any atom is -0.491 e. The van der Waals surface area contributed by atoms with Crippen LogP contribution in [0.5, 0.6) is 5.75 Å². The number of allylic oxidation sites excluding steroid dienone is 2. The summed E-state index contributed by atoms with van der Waals surface area (Å²) in [5.74, 6) is -0.407. The normalized spacial score (nSPS) is 27.8. The molecule has 1 fully saturated rings. The van der Waals surface area contributed by atoms with E-state index in [1.807, 2.05) is 38.1 Å². The van der Waals surface area contributed by atoms with Crippen molar-refractivity contribution < 1.29 is 4.74 Å². The van der Waals surface area contributed by atoms with Crippen LogP contribution in [0.1, 0.15) is 51.5 Å². The molecule has 3 rings (SSSR count). The van der Waals surface area contributed by atoms with Gasteiger partial charge in [-0.2, -0.15) is 15.8 Å². The summed E-state index contributed by atoms with van der Waals surface area (Å²) in [6.07, 6.45) is 4.70. The summed E-state index contributed by atoms with van der Waals surface area (Å²) in [7, 11) is 0. The quantitative estimate of drug-likeness (QED) is 0.724. The molecule has 0 radical (unpaired) electrons. The van der Waals surface area contributed by atoms with E-state index in [4.69, 9.17) is 10.1 Å². The second-order valence-electron chi connectivity index (χ2n) is 8.25. The number of nitriles is 3. The molecular formula is C24H26N4O. The maximum absolute atomic E-state index is 10.2. The van der Waals surface area contributed by atoms with Crippen molar-refractivity contribution in [1.29, 1.82) is 21.2 Å². The minimum absolute atomic E-state index is 0.0608. The summed E-state index contributed by atoms with van der Waals surface area (Å²) in [6.45, 7) is 6.02. The van der Waals surface area contributed by atoms with Gasteiger partial charge >= 0.3 is 0 Å². The van der Waals surface area contributed by atoms with Crippen molar-refractivity contribution in [2.75, 3.05) is 0 Å². The molecule has 0 amide bonds. The Morgan fingerprint density at radius 3 is 2.48 bits per heavy atom. The summed E-state index contributed by atoms with van der Waals surface area (Å²) in [5.41, 5.74) is -0.119. The van der Waals surface area contributed by atoms with Gasteiger partial charge in [0.15, 0.2) is 5.41 Å². The first-order valence-electron chi connectivity index (χ1n) is 10.2. The highest BCUT2D eigenvalue weighted by molar-refractivity contribution is 6.00. The van der Waals surface area contributed by atoms with Gasteiger partial charge in [0.2, 0.25) is 0 Å². The third kappa shape index (κ3) is 3.30. The number of hydrogen-bond acceptors (Lipinski definition) is 5. The zero-order chi connectivity index (χ0) is 21.2. The van der Waals surface area contributed by atoms with Crippen LogP contribution in [0.4, 0.5) is 0 Å². The number of nitrogens with one attached hydrogen (secondary N) is 1. The van der Waals surface area contributed by atoms with Crippen molar-refractivity contribution in [1.82, 2.24) is 0 Å². The van der Waals surface area contributed by atoms with E-state index < -0.39 is 17.3 Å². The van der Waals surface area contributed by atoms with E-state index >= 15 is 0 Å². The molecule has 148 valence electrons. The van der Waals surface area contributed by atoms with Gasteiger partial charge in [0, 0.05) is 11.5 Å². The van der Waals surface area contributed by atoms with E-state index in [1.54, 1.807) is 0 Å². The molecule has 0 aliphatic heterocycles. The van der Waals surface area contributed by atoms with E-state index in [0.29, 0.717) is 11.7 Å². The Labute approximate surface area is 172 Å². The fourth-order valence-corrected chi connectivity index (χ4v) is 4.88. The summed E-state index contributed by atoms with van der Waals surface area (Å²) < 4.78 is 6.03. The van der Waals surface area contributed by atoms with Crippen molar-refractivity contribution in [2.24, 2.45) is 23.2 Å². The molecule has 2 unspecified atom stereocenters. The fourth-order valence-electron chi connectivity index (χ4n) is 4.88. The average Bonchev–Trinajstić information content (AvgIpc) is 2.73. The monoisotopic (exact) mass is 386 g/mol. The molecular weight excluding hydrogens is 360 g/mol. The molecule has 1 aromatic carbocycles. The van der Waals surface area contributed by atoms with Crippen molar-refractivity contribution >= 4 is 5.71 Å². The lowest BCUT2D eigenvalue weighted by atomic mass is 9.52. The predicted molar refractivity (Wildman–Crippen MR) is 110 cm³/mol. The Hall–Kier alpha value is -3.10. The molecule has 0 spiro atoms. The topological polar surface area (TPSA) is 104 Å². The molecule has 0 bridgehead atoms. The van der Waals surface area contributed by atoms with Gasteiger partial charge in [-0.1, -0.05) is 37.6 Å². The second-order valence-corrected chi connectivity index (χ2v) is 8.25. The van der Waals surface area contributed by atoms with Crippen LogP contribution in [0.15, 0.2) is 35.9 Å². The number of nitrogens with zero attached hydrogens (tertiary/aromatic N) is 3. The maximum Gasteiger partial charge on any atom is 0.189 e. The SMILES string of the molecule is CCC1CC=C2C(C#N)C(=N)C(C#N)(C#N)[C@@H](c3ccccc3OC(C)C)[C@@H]2C1. The highest BCUT2D eigenvalue weighted by atomic mass is 16.5. The van der Waals surface area contributed by atoms with Crippen molar-refractivity contribution in [3.63, 3.8) is 0 Å². The highest BCUT2D eigenvalue weighted by Gasteiger charge is 2.58. The average molecular weight is 386 g/mol. The third-order valence-corrected chi connectivity index (χ3v) is 6.29. The third-order valence-electron chi connectivity index (χ3n) is 6.29. The molecule has 0 saturated heterocycles. The molecule has 0 aromatic heterocycles. The summed E-state index contributed by atoms with van der Waals surface area (Å²) in [6, 6.07) is 14.0. The van der Waals surface area contributed by atoms with Gasteiger partial charge in [-0.3, -0.25) is 0 Å². The Balaban J connectivity index is 2.27. The van der Waals surface area contributed by atoms with Gasteiger partial charge in [-0.05, 0) is 50.2 Å². The first kappa shape index (κ1) is 20.6. The molecule has 1 aromatic rings. The number of hydrogen-bond donors (Lipinski definition) is 1. The lowest BCUT2D eigenvalue weighted by Crippen LogP contribution is -2.49. The maximum atomic E-state index is 10.2. The van der Waals surface area contributed by atoms with Gasteiger partial charge in [0.1, 0.15) is 11.7 Å². The molecule has 29 heavy (non-hydrogen) atoms. The van der Waals surface area contributed by atoms with E-state index in [-0.39, 0.29) is 17.7 Å². The van der Waals surface area contributed by atoms with Gasteiger partial charge < -0.3 is 10.1 Å². The van der Waals surface area contributed by atoms with E-state index in [1.165, 1.54) is 0 Å². The van der Waals surface area contributed by atoms with Gasteiger partial charge in [-0.25, -0.2) is 0 Å².